The summed E-state index contributed by atoms with van der Waals surface area (Å²) in [6.07, 6.45) is 2.35. The third kappa shape index (κ3) is 8.58. The molecule has 0 heterocycles. The Hall–Kier alpha value is -3.07. The minimum Gasteiger partial charge on any atom is -0.497 e. The Kier molecular flexibility index (Phi) is 10.6. The van der Waals surface area contributed by atoms with E-state index in [4.69, 9.17) is 4.74 Å². The van der Waals surface area contributed by atoms with Crippen LogP contribution < -0.4 is 14.4 Å². The van der Waals surface area contributed by atoms with Crippen molar-refractivity contribution in [1.29, 1.82) is 0 Å². The molecule has 9 heteroatoms. The van der Waals surface area contributed by atoms with E-state index in [1.165, 1.54) is 4.31 Å². The van der Waals surface area contributed by atoms with E-state index in [0.717, 1.165) is 18.2 Å². The molecule has 1 N–H and O–H groups in total. The van der Waals surface area contributed by atoms with E-state index in [2.05, 4.69) is 5.32 Å². The van der Waals surface area contributed by atoms with E-state index in [9.17, 15) is 18.0 Å². The van der Waals surface area contributed by atoms with Crippen LogP contribution in [0.25, 0.3) is 0 Å². The number of anilines is 1. The second-order valence-electron chi connectivity index (χ2n) is 8.64. The Morgan fingerprint density at radius 2 is 1.66 bits per heavy atom. The number of carbonyl (C=O) groups excluding carboxylic acids is 2. The number of benzene rings is 2. The summed E-state index contributed by atoms with van der Waals surface area (Å²) >= 11 is 0. The highest BCUT2D eigenvalue weighted by atomic mass is 32.2. The summed E-state index contributed by atoms with van der Waals surface area (Å²) in [5.74, 6) is 0.210. The minimum atomic E-state index is -3.55. The maximum atomic E-state index is 13.3. The number of nitrogens with one attached hydrogen (secondary N) is 1. The molecule has 0 aliphatic heterocycles. The standard InChI is InChI=1S/C26H37N3O5S/c1-6-20(2)27-26(31)21(3)28(19-22-11-8-7-9-12-22)25(30)13-10-18-29(35(5,32)33)23-14-16-24(34-4)17-15-23/h7-9,11-12,14-17,20-21H,6,10,13,18-19H2,1-5H3,(H,27,31)/t20-,21+/m1/s1. The number of hydrogen-bond acceptors (Lipinski definition) is 5. The van der Waals surface area contributed by atoms with Gasteiger partial charge in [0.15, 0.2) is 0 Å². The van der Waals surface area contributed by atoms with E-state index in [0.29, 0.717) is 24.4 Å². The molecule has 2 aromatic rings. The molecule has 0 unspecified atom stereocenters. The predicted octanol–water partition coefficient (Wildman–Crippen LogP) is 3.57. The van der Waals surface area contributed by atoms with Crippen molar-refractivity contribution in [2.24, 2.45) is 0 Å². The molecule has 0 fully saturated rings. The molecule has 35 heavy (non-hydrogen) atoms. The van der Waals surface area contributed by atoms with E-state index >= 15 is 0 Å². The fraction of sp³-hybridized carbons (Fsp3) is 0.462. The number of rotatable bonds is 13. The monoisotopic (exact) mass is 503 g/mol. The summed E-state index contributed by atoms with van der Waals surface area (Å²) in [5.41, 5.74) is 1.42. The highest BCUT2D eigenvalue weighted by Gasteiger charge is 2.27. The normalized spacial score (nSPS) is 12.9. The molecule has 0 saturated heterocycles. The van der Waals surface area contributed by atoms with Crippen LogP contribution in [0.4, 0.5) is 5.69 Å². The molecule has 0 radical (unpaired) electrons. The molecule has 8 nitrogen and oxygen atoms in total. The largest absolute Gasteiger partial charge is 0.497 e. The van der Waals surface area contributed by atoms with Crippen LogP contribution in [-0.2, 0) is 26.2 Å². The minimum absolute atomic E-state index is 0.00597. The first-order chi connectivity index (χ1) is 16.6. The molecule has 2 rings (SSSR count). The average molecular weight is 504 g/mol. The van der Waals surface area contributed by atoms with Crippen LogP contribution in [0, 0.1) is 0 Å². The average Bonchev–Trinajstić information content (AvgIpc) is 2.84. The highest BCUT2D eigenvalue weighted by Crippen LogP contribution is 2.22. The zero-order chi connectivity index (χ0) is 26.0. The Morgan fingerprint density at radius 3 is 2.20 bits per heavy atom. The van der Waals surface area contributed by atoms with Gasteiger partial charge in [-0.2, -0.15) is 0 Å². The van der Waals surface area contributed by atoms with Gasteiger partial charge in [-0.25, -0.2) is 8.42 Å². The van der Waals surface area contributed by atoms with Crippen molar-refractivity contribution in [3.05, 3.63) is 60.2 Å². The van der Waals surface area contributed by atoms with E-state index in [1.807, 2.05) is 44.2 Å². The quantitative estimate of drug-likeness (QED) is 0.451. The summed E-state index contributed by atoms with van der Waals surface area (Å²) in [6.45, 7) is 6.07. The first kappa shape index (κ1) is 28.2. The summed E-state index contributed by atoms with van der Waals surface area (Å²) < 4.78 is 31.2. The molecule has 2 aromatic carbocycles. The van der Waals surface area contributed by atoms with E-state index in [-0.39, 0.29) is 30.8 Å². The Bertz CT molecular complexity index is 1060. The summed E-state index contributed by atoms with van der Waals surface area (Å²) in [5, 5.41) is 2.94. The van der Waals surface area contributed by atoms with Crippen molar-refractivity contribution >= 4 is 27.5 Å². The van der Waals surface area contributed by atoms with Gasteiger partial charge in [-0.3, -0.25) is 13.9 Å². The highest BCUT2D eigenvalue weighted by molar-refractivity contribution is 7.92. The lowest BCUT2D eigenvalue weighted by atomic mass is 10.1. The van der Waals surface area contributed by atoms with Gasteiger partial charge in [0.1, 0.15) is 11.8 Å². The number of methoxy groups -OCH3 is 1. The van der Waals surface area contributed by atoms with Crippen molar-refractivity contribution in [2.75, 3.05) is 24.2 Å². The molecular weight excluding hydrogens is 466 g/mol. The van der Waals surface area contributed by atoms with E-state index in [1.54, 1.807) is 43.2 Å². The Morgan fingerprint density at radius 1 is 1.03 bits per heavy atom. The third-order valence-electron chi connectivity index (χ3n) is 5.88. The van der Waals surface area contributed by atoms with Crippen LogP contribution in [0.3, 0.4) is 0 Å². The number of sulfonamides is 1. The first-order valence-corrected chi connectivity index (χ1v) is 13.7. The van der Waals surface area contributed by atoms with Gasteiger partial charge in [-0.1, -0.05) is 37.3 Å². The van der Waals surface area contributed by atoms with Crippen molar-refractivity contribution in [3.8, 4) is 5.75 Å². The maximum Gasteiger partial charge on any atom is 0.242 e. The van der Waals surface area contributed by atoms with E-state index < -0.39 is 16.1 Å². The van der Waals surface area contributed by atoms with Gasteiger partial charge >= 0.3 is 0 Å². The molecule has 192 valence electrons. The zero-order valence-electron chi connectivity index (χ0n) is 21.2. The SMILES string of the molecule is CC[C@@H](C)NC(=O)[C@H](C)N(Cc1ccccc1)C(=O)CCCN(c1ccc(OC)cc1)S(C)(=O)=O. The van der Waals surface area contributed by atoms with Crippen LogP contribution >= 0.6 is 0 Å². The first-order valence-electron chi connectivity index (χ1n) is 11.8. The van der Waals surface area contributed by atoms with Crippen molar-refractivity contribution in [2.45, 2.75) is 58.7 Å². The lowest BCUT2D eigenvalue weighted by Crippen LogP contribution is -2.49. The van der Waals surface area contributed by atoms with Gasteiger partial charge in [0.2, 0.25) is 21.8 Å². The van der Waals surface area contributed by atoms with Gasteiger partial charge in [-0.15, -0.1) is 0 Å². The van der Waals surface area contributed by atoms with Crippen LogP contribution in [-0.4, -0.2) is 57.1 Å². The molecule has 0 bridgehead atoms. The summed E-state index contributed by atoms with van der Waals surface area (Å²) in [7, 11) is -2.00. The lowest BCUT2D eigenvalue weighted by Gasteiger charge is -2.30. The van der Waals surface area contributed by atoms with Gasteiger partial charge in [0, 0.05) is 25.6 Å². The molecule has 0 aliphatic rings. The Balaban J connectivity index is 2.13. The predicted molar refractivity (Wildman–Crippen MR) is 139 cm³/mol. The molecule has 2 atom stereocenters. The summed E-state index contributed by atoms with van der Waals surface area (Å²) in [4.78, 5) is 27.6. The van der Waals surface area contributed by atoms with Crippen LogP contribution in [0.1, 0.15) is 45.6 Å². The number of ether oxygens (including phenoxy) is 1. The zero-order valence-corrected chi connectivity index (χ0v) is 22.0. The lowest BCUT2D eigenvalue weighted by molar-refractivity contribution is -0.140. The number of amides is 2. The van der Waals surface area contributed by atoms with Crippen LogP contribution in [0.2, 0.25) is 0 Å². The Labute approximate surface area is 209 Å². The molecular formula is C26H37N3O5S. The maximum absolute atomic E-state index is 13.3. The summed E-state index contributed by atoms with van der Waals surface area (Å²) in [6, 6.07) is 15.6. The van der Waals surface area contributed by atoms with Gasteiger partial charge in [0.25, 0.3) is 0 Å². The third-order valence-corrected chi connectivity index (χ3v) is 7.07. The number of hydrogen-bond donors (Lipinski definition) is 1. The smallest absolute Gasteiger partial charge is 0.242 e. The van der Waals surface area contributed by atoms with Crippen molar-refractivity contribution < 1.29 is 22.7 Å². The molecule has 0 aliphatic carbocycles. The molecule has 0 saturated carbocycles. The second-order valence-corrected chi connectivity index (χ2v) is 10.5. The second kappa shape index (κ2) is 13.1. The van der Waals surface area contributed by atoms with Crippen LogP contribution in [0.5, 0.6) is 5.75 Å². The van der Waals surface area contributed by atoms with Gasteiger partial charge in [0.05, 0.1) is 19.1 Å². The van der Waals surface area contributed by atoms with Gasteiger partial charge in [-0.05, 0) is 56.5 Å². The van der Waals surface area contributed by atoms with Crippen molar-refractivity contribution in [3.63, 3.8) is 0 Å². The molecule has 2 amide bonds. The van der Waals surface area contributed by atoms with Crippen LogP contribution in [0.15, 0.2) is 54.6 Å². The molecule has 0 spiro atoms. The fourth-order valence-corrected chi connectivity index (χ4v) is 4.55. The fourth-order valence-electron chi connectivity index (χ4n) is 3.58. The van der Waals surface area contributed by atoms with Crippen molar-refractivity contribution in [1.82, 2.24) is 10.2 Å². The van der Waals surface area contributed by atoms with Gasteiger partial charge < -0.3 is 15.0 Å². The topological polar surface area (TPSA) is 96.0 Å². The number of carbonyl (C=O) groups is 2. The number of nitrogens with zero attached hydrogens (tertiary/aromatic N) is 2. The molecule has 0 aromatic heterocycles.